The quantitative estimate of drug-likeness (QED) is 0.819. The Kier molecular flexibility index (Phi) is 3.88. The lowest BCUT2D eigenvalue weighted by atomic mass is 10.1. The van der Waals surface area contributed by atoms with Gasteiger partial charge in [-0.05, 0) is 34.6 Å². The van der Waals surface area contributed by atoms with Gasteiger partial charge in [0.05, 0.1) is 0 Å². The molecule has 106 valence electrons. The van der Waals surface area contributed by atoms with Crippen molar-refractivity contribution in [1.82, 2.24) is 9.78 Å². The molecule has 0 aliphatic rings. The van der Waals surface area contributed by atoms with Gasteiger partial charge in [0.1, 0.15) is 5.60 Å². The summed E-state index contributed by atoms with van der Waals surface area (Å²) < 4.78 is 6.68. The maximum Gasteiger partial charge on any atom is 0.410 e. The number of aromatic nitrogens is 2. The lowest BCUT2D eigenvalue weighted by Crippen LogP contribution is -2.41. The van der Waals surface area contributed by atoms with Gasteiger partial charge in [-0.1, -0.05) is 0 Å². The smallest absolute Gasteiger partial charge is 0.410 e. The number of hydrogen-bond donors (Lipinski definition) is 2. The molecule has 0 fully saturated rings. The molecular formula is C12H19N3O4. The van der Waals surface area contributed by atoms with Crippen LogP contribution < -0.4 is 5.32 Å². The molecule has 0 aromatic carbocycles. The highest BCUT2D eigenvalue weighted by atomic mass is 16.6. The molecule has 1 heterocycles. The number of ether oxygens (including phenoxy) is 1. The van der Waals surface area contributed by atoms with Crippen molar-refractivity contribution < 1.29 is 19.4 Å². The predicted octanol–water partition coefficient (Wildman–Crippen LogP) is 2.05. The van der Waals surface area contributed by atoms with Gasteiger partial charge in [-0.25, -0.2) is 9.59 Å². The van der Waals surface area contributed by atoms with Crippen LogP contribution in [0, 0.1) is 0 Å². The van der Waals surface area contributed by atoms with Crippen molar-refractivity contribution in [2.24, 2.45) is 0 Å². The third-order valence-corrected chi connectivity index (χ3v) is 2.30. The number of carbonyl (C=O) groups is 2. The summed E-state index contributed by atoms with van der Waals surface area (Å²) in [5, 5.41) is 14.7. The Balaban J connectivity index is 2.90. The van der Waals surface area contributed by atoms with E-state index in [0.717, 1.165) is 0 Å². The van der Waals surface area contributed by atoms with Crippen molar-refractivity contribution in [2.75, 3.05) is 5.32 Å². The number of hydrogen-bond acceptors (Lipinski definition) is 4. The van der Waals surface area contributed by atoms with Crippen molar-refractivity contribution in [3.63, 3.8) is 0 Å². The Morgan fingerprint density at radius 1 is 1.32 bits per heavy atom. The summed E-state index contributed by atoms with van der Waals surface area (Å²) in [4.78, 5) is 22.6. The lowest BCUT2D eigenvalue weighted by Gasteiger charge is -2.28. The average Bonchev–Trinajstić information content (AvgIpc) is 2.62. The first-order valence-electron chi connectivity index (χ1n) is 5.82. The summed E-state index contributed by atoms with van der Waals surface area (Å²) in [6, 6.07) is 1.47. The van der Waals surface area contributed by atoms with Gasteiger partial charge in [-0.2, -0.15) is 5.10 Å². The molecule has 0 aliphatic heterocycles. The van der Waals surface area contributed by atoms with E-state index in [1.165, 1.54) is 16.9 Å². The largest absolute Gasteiger partial charge is 0.465 e. The Labute approximate surface area is 111 Å². The molecule has 1 aromatic rings. The maximum atomic E-state index is 12.1. The highest BCUT2D eigenvalue weighted by Crippen LogP contribution is 2.21. The first-order valence-corrected chi connectivity index (χ1v) is 5.82. The van der Waals surface area contributed by atoms with Gasteiger partial charge in [0.15, 0.2) is 11.4 Å². The fourth-order valence-electron chi connectivity index (χ4n) is 1.31. The minimum absolute atomic E-state index is 0.157. The molecular weight excluding hydrogens is 250 g/mol. The van der Waals surface area contributed by atoms with E-state index in [-0.39, 0.29) is 5.82 Å². The van der Waals surface area contributed by atoms with Crippen LogP contribution in [0.4, 0.5) is 10.6 Å². The first kappa shape index (κ1) is 15.0. The zero-order valence-corrected chi connectivity index (χ0v) is 11.7. The number of rotatable bonds is 3. The van der Waals surface area contributed by atoms with Crippen molar-refractivity contribution in [3.05, 3.63) is 12.3 Å². The second kappa shape index (κ2) is 4.91. The second-order valence-electron chi connectivity index (χ2n) is 5.64. The van der Waals surface area contributed by atoms with E-state index < -0.39 is 23.2 Å². The minimum atomic E-state index is -1.21. The van der Waals surface area contributed by atoms with E-state index in [2.05, 4.69) is 10.4 Å². The van der Waals surface area contributed by atoms with Gasteiger partial charge >= 0.3 is 12.1 Å². The van der Waals surface area contributed by atoms with Crippen LogP contribution in [-0.2, 0) is 15.1 Å². The number of anilines is 1. The monoisotopic (exact) mass is 269 g/mol. The van der Waals surface area contributed by atoms with Crippen molar-refractivity contribution in [3.8, 4) is 0 Å². The zero-order chi connectivity index (χ0) is 14.8. The fraction of sp³-hybridized carbons (Fsp3) is 0.583. The molecule has 7 heteroatoms. The van der Waals surface area contributed by atoms with Gasteiger partial charge in [-0.15, -0.1) is 0 Å². The average molecular weight is 269 g/mol. The van der Waals surface area contributed by atoms with E-state index in [4.69, 9.17) is 9.84 Å². The number of amides is 1. The highest BCUT2D eigenvalue weighted by Gasteiger charge is 2.35. The Morgan fingerprint density at radius 2 is 1.89 bits per heavy atom. The van der Waals surface area contributed by atoms with Gasteiger partial charge in [0.25, 0.3) is 0 Å². The molecule has 0 saturated heterocycles. The molecule has 1 aromatic heterocycles. The van der Waals surface area contributed by atoms with Crippen LogP contribution >= 0.6 is 0 Å². The standard InChI is InChI=1S/C12H19N3O4/c1-11(2,3)19-9(16)12(4,5)15-7-6-8(14-15)13-10(17)18/h6-7H,1-5H3,(H,13,14)(H,17,18). The normalized spacial score (nSPS) is 12.1. The molecule has 19 heavy (non-hydrogen) atoms. The summed E-state index contributed by atoms with van der Waals surface area (Å²) in [5.74, 6) is -0.283. The number of esters is 1. The van der Waals surface area contributed by atoms with E-state index in [0.29, 0.717) is 0 Å². The van der Waals surface area contributed by atoms with E-state index in [1.807, 2.05) is 0 Å². The molecule has 2 N–H and O–H groups in total. The summed E-state index contributed by atoms with van der Waals surface area (Å²) in [6.45, 7) is 8.64. The van der Waals surface area contributed by atoms with Crippen LogP contribution in [0.5, 0.6) is 0 Å². The molecule has 0 spiro atoms. The van der Waals surface area contributed by atoms with Gasteiger partial charge in [0.2, 0.25) is 0 Å². The van der Waals surface area contributed by atoms with Crippen LogP contribution in [0.1, 0.15) is 34.6 Å². The fourth-order valence-corrected chi connectivity index (χ4v) is 1.31. The zero-order valence-electron chi connectivity index (χ0n) is 11.7. The van der Waals surface area contributed by atoms with Gasteiger partial charge in [-0.3, -0.25) is 10.00 Å². The summed E-state index contributed by atoms with van der Waals surface area (Å²) in [7, 11) is 0. The Hall–Kier alpha value is -2.05. The molecule has 0 bridgehead atoms. The molecule has 0 unspecified atom stereocenters. The third kappa shape index (κ3) is 3.97. The maximum absolute atomic E-state index is 12.1. The van der Waals surface area contributed by atoms with Gasteiger partial charge < -0.3 is 9.84 Å². The van der Waals surface area contributed by atoms with Crippen LogP contribution in [-0.4, -0.2) is 32.6 Å². The molecule has 0 atom stereocenters. The first-order chi connectivity index (χ1) is 8.52. The third-order valence-electron chi connectivity index (χ3n) is 2.30. The molecule has 0 radical (unpaired) electrons. The minimum Gasteiger partial charge on any atom is -0.465 e. The van der Waals surface area contributed by atoms with Crippen LogP contribution in [0.25, 0.3) is 0 Å². The van der Waals surface area contributed by atoms with Crippen LogP contribution in [0.3, 0.4) is 0 Å². The molecule has 1 amide bonds. The molecule has 0 saturated carbocycles. The van der Waals surface area contributed by atoms with Gasteiger partial charge in [0, 0.05) is 12.3 Å². The molecule has 1 rings (SSSR count). The summed E-state index contributed by atoms with van der Waals surface area (Å²) >= 11 is 0. The highest BCUT2D eigenvalue weighted by molar-refractivity contribution is 5.81. The molecule has 7 nitrogen and oxygen atoms in total. The van der Waals surface area contributed by atoms with Crippen molar-refractivity contribution >= 4 is 17.9 Å². The molecule has 0 aliphatic carbocycles. The number of carbonyl (C=O) groups excluding carboxylic acids is 1. The number of nitrogens with zero attached hydrogens (tertiary/aromatic N) is 2. The van der Waals surface area contributed by atoms with E-state index in [9.17, 15) is 9.59 Å². The lowest BCUT2D eigenvalue weighted by molar-refractivity contribution is -0.164. The Bertz CT molecular complexity index is 485. The van der Waals surface area contributed by atoms with Crippen molar-refractivity contribution in [2.45, 2.75) is 45.8 Å². The topological polar surface area (TPSA) is 93.5 Å². The summed E-state index contributed by atoms with van der Waals surface area (Å²) in [6.07, 6.45) is 0.315. The number of nitrogens with one attached hydrogen (secondary N) is 1. The predicted molar refractivity (Wildman–Crippen MR) is 69.0 cm³/mol. The van der Waals surface area contributed by atoms with Crippen molar-refractivity contribution in [1.29, 1.82) is 0 Å². The van der Waals surface area contributed by atoms with Crippen LogP contribution in [0.2, 0.25) is 0 Å². The van der Waals surface area contributed by atoms with E-state index >= 15 is 0 Å². The number of carboxylic acid groups (broad SMARTS) is 1. The van der Waals surface area contributed by atoms with E-state index in [1.54, 1.807) is 34.6 Å². The van der Waals surface area contributed by atoms with Crippen LogP contribution in [0.15, 0.2) is 12.3 Å². The summed E-state index contributed by atoms with van der Waals surface area (Å²) in [5.41, 5.74) is -1.62. The second-order valence-corrected chi connectivity index (χ2v) is 5.64. The Morgan fingerprint density at radius 3 is 2.37 bits per heavy atom. The SMILES string of the molecule is CC(C)(C)OC(=O)C(C)(C)n1ccc(NC(=O)O)n1.